The standard InChI is InChI=1S/C72H120N6O50/c1-17-39(92)51(104)54(107)69(112-17)110-16-32-59(47(100)33(63(109)113-32)73-18(2)86)124-66-36(76-21(5)89)50(103)58(30(14-85)118-66)125-70-55(108)60(126-72-62(53(106)43(96)27(11-82)117-72)128-68-38(78-23(7)91)49(102)57(29(13-84)120-68)123-65-35(75-20(4)88)46(99)41(94)25(9-80)115-65)44(97)31(121-70)15-111-71-61(52(105)42(95)26(10-81)116-71)127-67-37(77-22(6)90)48(101)56(28(12-83)119-67)122-64-34(74-19(3)87)45(98)40(93)24(8-79)114-64/h17,24-72,79-85,92-109H,8-16H2,1-7H3,(H,73,86)(H,74,87)(H,75,88)(H,76,89)(H,77,90)(H,78,91)/t17-,24-,25-,26-,27-,28-,29-,30-,31-,32-,33-,34-,35-,36-,37-,38-,39+,40+,41+,42-,43-,44-,45-,46-,47-,48-,49-,50-,51+,52+,53+,54-,55+,56-,57-,58-,59-,60+,61+,62+,63?,64+,65+,66+,67+,68+,69+,70+,71+,72-/m1/s1. The van der Waals surface area contributed by atoms with Gasteiger partial charge in [0.15, 0.2) is 62.9 Å². The van der Waals surface area contributed by atoms with Gasteiger partial charge in [-0.3, -0.25) is 28.8 Å². The van der Waals surface area contributed by atoms with E-state index in [-0.39, 0.29) is 0 Å². The Morgan fingerprint density at radius 1 is 0.219 bits per heavy atom. The minimum atomic E-state index is -2.64. The second kappa shape index (κ2) is 46.1. The van der Waals surface area contributed by atoms with Crippen molar-refractivity contribution in [2.24, 2.45) is 0 Å². The summed E-state index contributed by atoms with van der Waals surface area (Å²) in [7, 11) is 0. The number of ether oxygens (including phenoxy) is 19. The molecule has 10 aliphatic heterocycles. The average Bonchev–Trinajstić information content (AvgIpc) is 0.763. The minimum Gasteiger partial charge on any atom is -0.394 e. The van der Waals surface area contributed by atoms with Crippen molar-refractivity contribution in [3.05, 3.63) is 0 Å². The van der Waals surface area contributed by atoms with Crippen LogP contribution in [-0.4, -0.2) is 529 Å². The topological polar surface area (TPSA) is 856 Å². The number of carbonyl (C=O) groups is 6. The molecule has 0 spiro atoms. The van der Waals surface area contributed by atoms with Crippen molar-refractivity contribution in [1.29, 1.82) is 0 Å². The maximum absolute atomic E-state index is 13.3. The summed E-state index contributed by atoms with van der Waals surface area (Å²) in [6, 6.07) is -11.1. The van der Waals surface area contributed by atoms with E-state index in [1.807, 2.05) is 0 Å². The van der Waals surface area contributed by atoms with Crippen molar-refractivity contribution < 1.29 is 246 Å². The molecule has 738 valence electrons. The molecule has 10 fully saturated rings. The van der Waals surface area contributed by atoms with E-state index in [4.69, 9.17) is 90.0 Å². The highest BCUT2D eigenvalue weighted by Gasteiger charge is 2.62. The fraction of sp³-hybridized carbons (Fsp3) is 0.917. The summed E-state index contributed by atoms with van der Waals surface area (Å²) in [4.78, 5) is 76.8. The molecule has 56 nitrogen and oxygen atoms in total. The predicted octanol–water partition coefficient (Wildman–Crippen LogP) is -20.9. The molecule has 1 unspecified atom stereocenters. The zero-order valence-electron chi connectivity index (χ0n) is 69.6. The molecular formula is C72H120N6O50. The molecule has 128 heavy (non-hydrogen) atoms. The lowest BCUT2D eigenvalue weighted by molar-refractivity contribution is -0.398. The summed E-state index contributed by atoms with van der Waals surface area (Å²) in [5, 5.41) is 297. The van der Waals surface area contributed by atoms with Gasteiger partial charge in [0.1, 0.15) is 238 Å². The van der Waals surface area contributed by atoms with Crippen LogP contribution in [-0.2, 0) is 119 Å². The summed E-state index contributed by atoms with van der Waals surface area (Å²) >= 11 is 0. The van der Waals surface area contributed by atoms with Crippen LogP contribution in [0.3, 0.4) is 0 Å². The zero-order chi connectivity index (χ0) is 94.4. The number of hydrogen-bond acceptors (Lipinski definition) is 50. The second-order valence-electron chi connectivity index (χ2n) is 32.5. The maximum atomic E-state index is 13.3. The number of amides is 6. The fourth-order valence-electron chi connectivity index (χ4n) is 16.6. The smallest absolute Gasteiger partial charge is 0.217 e. The summed E-state index contributed by atoms with van der Waals surface area (Å²) in [5.41, 5.74) is 0. The molecule has 0 bridgehead atoms. The molecule has 10 heterocycles. The number of nitrogens with one attached hydrogen (secondary N) is 6. The number of aliphatic hydroxyl groups is 25. The maximum Gasteiger partial charge on any atom is 0.217 e. The molecule has 31 N–H and O–H groups in total. The van der Waals surface area contributed by atoms with Gasteiger partial charge in [0, 0.05) is 41.5 Å². The van der Waals surface area contributed by atoms with Crippen molar-refractivity contribution in [1.82, 2.24) is 31.9 Å². The Kier molecular flexibility index (Phi) is 37.8. The van der Waals surface area contributed by atoms with E-state index >= 15 is 0 Å². The molecule has 0 aromatic rings. The molecule has 0 aliphatic carbocycles. The van der Waals surface area contributed by atoms with Gasteiger partial charge in [-0.15, -0.1) is 0 Å². The lowest BCUT2D eigenvalue weighted by atomic mass is 9.93. The minimum absolute atomic E-state index is 0.812. The van der Waals surface area contributed by atoms with Gasteiger partial charge >= 0.3 is 0 Å². The molecule has 0 aromatic heterocycles. The molecule has 56 heteroatoms. The Hall–Kier alpha value is -4.94. The monoisotopic (exact) mass is 1870 g/mol. The Morgan fingerprint density at radius 2 is 0.484 bits per heavy atom. The highest BCUT2D eigenvalue weighted by atomic mass is 16.8. The number of aliphatic hydroxyl groups excluding tert-OH is 25. The van der Waals surface area contributed by atoms with E-state index < -0.39 is 402 Å². The molecule has 10 aliphatic rings. The quantitative estimate of drug-likeness (QED) is 0.0290. The van der Waals surface area contributed by atoms with E-state index in [9.17, 15) is 156 Å². The first-order valence-corrected chi connectivity index (χ1v) is 41.0. The number of rotatable bonds is 33. The Morgan fingerprint density at radius 3 is 0.852 bits per heavy atom. The zero-order valence-corrected chi connectivity index (χ0v) is 69.6. The first kappa shape index (κ1) is 105. The average molecular weight is 1870 g/mol. The summed E-state index contributed by atoms with van der Waals surface area (Å²) < 4.78 is 114. The van der Waals surface area contributed by atoms with Gasteiger partial charge in [-0.1, -0.05) is 0 Å². The largest absolute Gasteiger partial charge is 0.394 e. The van der Waals surface area contributed by atoms with Gasteiger partial charge in [-0.2, -0.15) is 0 Å². The van der Waals surface area contributed by atoms with E-state index in [1.54, 1.807) is 0 Å². The van der Waals surface area contributed by atoms with Gasteiger partial charge in [0.25, 0.3) is 0 Å². The second-order valence-corrected chi connectivity index (χ2v) is 32.5. The van der Waals surface area contributed by atoms with Gasteiger partial charge < -0.3 is 250 Å². The lowest BCUT2D eigenvalue weighted by Gasteiger charge is -2.51. The Bertz CT molecular complexity index is 3550. The highest BCUT2D eigenvalue weighted by molar-refractivity contribution is 5.75. The van der Waals surface area contributed by atoms with E-state index in [2.05, 4.69) is 31.9 Å². The molecule has 6 amide bonds. The third-order valence-electron chi connectivity index (χ3n) is 23.2. The molecule has 0 radical (unpaired) electrons. The first-order chi connectivity index (χ1) is 60.5. The molecule has 50 atom stereocenters. The molecule has 0 saturated carbocycles. The van der Waals surface area contributed by atoms with Crippen molar-refractivity contribution in [2.75, 3.05) is 59.5 Å². The van der Waals surface area contributed by atoms with Gasteiger partial charge in [0.05, 0.1) is 65.6 Å². The lowest BCUT2D eigenvalue weighted by Crippen LogP contribution is -2.71. The van der Waals surface area contributed by atoms with Crippen molar-refractivity contribution >= 4 is 35.4 Å². The fourth-order valence-corrected chi connectivity index (χ4v) is 16.6. The molecule has 0 aromatic carbocycles. The van der Waals surface area contributed by atoms with Crippen LogP contribution in [0.25, 0.3) is 0 Å². The predicted molar refractivity (Wildman–Crippen MR) is 398 cm³/mol. The number of carbonyl (C=O) groups excluding carboxylic acids is 6. The van der Waals surface area contributed by atoms with Crippen molar-refractivity contribution in [2.45, 2.75) is 355 Å². The van der Waals surface area contributed by atoms with Crippen LogP contribution in [0.15, 0.2) is 0 Å². The molecule has 10 saturated heterocycles. The van der Waals surface area contributed by atoms with Gasteiger partial charge in [-0.05, 0) is 6.92 Å². The normalized spacial score (nSPS) is 47.8. The summed E-state index contributed by atoms with van der Waals surface area (Å²) in [6.45, 7) is -2.88. The molecule has 10 rings (SSSR count). The van der Waals surface area contributed by atoms with Gasteiger partial charge in [-0.25, -0.2) is 0 Å². The van der Waals surface area contributed by atoms with Gasteiger partial charge in [0.2, 0.25) is 35.4 Å². The van der Waals surface area contributed by atoms with Crippen LogP contribution in [0.4, 0.5) is 0 Å². The van der Waals surface area contributed by atoms with Crippen molar-refractivity contribution in [3.63, 3.8) is 0 Å². The van der Waals surface area contributed by atoms with E-state index in [0.717, 1.165) is 41.5 Å². The first-order valence-electron chi connectivity index (χ1n) is 41.0. The van der Waals surface area contributed by atoms with Crippen LogP contribution in [0, 0.1) is 0 Å². The van der Waals surface area contributed by atoms with Crippen molar-refractivity contribution in [3.8, 4) is 0 Å². The van der Waals surface area contributed by atoms with E-state index in [0.29, 0.717) is 0 Å². The SMILES string of the molecule is CC(=O)N[C@H]1[C@H](O[C@H]2[C@H](O)[C@@H](NC(C)=O)C(O)O[C@@H]2CO[C@H]2O[C@H](C)[C@H](O)[C@H](O)[C@H]2O)O[C@H](CO)[C@@H](O[C@@H]2O[C@H](CO[C@H]3O[C@H](CO)[C@@H](O)[C@H](O)[C@@H]3O[C@@H]3O[C@H](CO)[C@@H](O[C@@H]4O[C@H](CO)[C@H](O)[C@H](O)[C@H]4NC(C)=O)[C@H](O)[C@H]3NC(C)=O)[C@@H](O)[C@H](O[C@H]3O[C@H](CO)[C@@H](O)[C@H](O)[C@@H]3O[C@@H]3O[C@H](CO)[C@@H](O[C@@H]4O[C@H](CO)[C@H](O)[C@H](O)[C@H]4NC(C)=O)[C@H](O)[C@H]3NC(C)=O)[C@@H]2O)[C@@H]1O. The number of hydrogen-bond donors (Lipinski definition) is 31. The van der Waals surface area contributed by atoms with Crippen LogP contribution < -0.4 is 31.9 Å². The third kappa shape index (κ3) is 23.8. The third-order valence-corrected chi connectivity index (χ3v) is 23.2. The molecular weight excluding hydrogens is 1750 g/mol. The van der Waals surface area contributed by atoms with Crippen LogP contribution >= 0.6 is 0 Å². The van der Waals surface area contributed by atoms with Crippen LogP contribution in [0.5, 0.6) is 0 Å². The summed E-state index contributed by atoms with van der Waals surface area (Å²) in [6.07, 6.45) is -90.9. The summed E-state index contributed by atoms with van der Waals surface area (Å²) in [5.74, 6) is -5.41. The highest BCUT2D eigenvalue weighted by Crippen LogP contribution is 2.41. The Labute approximate surface area is 726 Å². The van der Waals surface area contributed by atoms with Crippen LogP contribution in [0.2, 0.25) is 0 Å². The van der Waals surface area contributed by atoms with Crippen LogP contribution in [0.1, 0.15) is 48.5 Å². The van der Waals surface area contributed by atoms with E-state index in [1.165, 1.54) is 6.92 Å². The Balaban J connectivity index is 0.993.